The number of nitrogens with zero attached hydrogens (tertiary/aromatic N) is 2. The first-order chi connectivity index (χ1) is 9.15. The molecule has 0 saturated carbocycles. The predicted octanol–water partition coefficient (Wildman–Crippen LogP) is 0.790. The largest absolute Gasteiger partial charge is 0.375 e. The van der Waals surface area contributed by atoms with E-state index >= 15 is 0 Å². The summed E-state index contributed by atoms with van der Waals surface area (Å²) in [6.07, 6.45) is 1.86. The van der Waals surface area contributed by atoms with Crippen molar-refractivity contribution in [1.82, 2.24) is 15.4 Å². The molecule has 1 atom stereocenters. The van der Waals surface area contributed by atoms with Crippen LogP contribution in [0.5, 0.6) is 0 Å². The van der Waals surface area contributed by atoms with E-state index in [1.54, 1.807) is 6.07 Å². The molecule has 0 aliphatic carbocycles. The zero-order chi connectivity index (χ0) is 13.7. The van der Waals surface area contributed by atoms with Gasteiger partial charge in [0.2, 0.25) is 5.91 Å². The zero-order valence-corrected chi connectivity index (χ0v) is 11.5. The van der Waals surface area contributed by atoms with Gasteiger partial charge in [-0.15, -0.1) is 0 Å². The van der Waals surface area contributed by atoms with Gasteiger partial charge in [0.15, 0.2) is 0 Å². The first-order valence-electron chi connectivity index (χ1n) is 6.66. The van der Waals surface area contributed by atoms with Crippen molar-refractivity contribution in [2.45, 2.75) is 39.0 Å². The third kappa shape index (κ3) is 4.33. The van der Waals surface area contributed by atoms with Crippen LogP contribution in [-0.4, -0.2) is 47.8 Å². The molecule has 19 heavy (non-hydrogen) atoms. The third-order valence-electron chi connectivity index (χ3n) is 3.27. The third-order valence-corrected chi connectivity index (χ3v) is 3.27. The summed E-state index contributed by atoms with van der Waals surface area (Å²) in [5.41, 5.74) is 0.724. The fraction of sp³-hybridized carbons (Fsp3) is 0.692. The first kappa shape index (κ1) is 14.0. The fourth-order valence-electron chi connectivity index (χ4n) is 2.13. The lowest BCUT2D eigenvalue weighted by Gasteiger charge is -2.35. The number of hydrogen-bond acceptors (Lipinski definition) is 5. The monoisotopic (exact) mass is 267 g/mol. The average molecular weight is 267 g/mol. The molecule has 1 aliphatic heterocycles. The fourth-order valence-corrected chi connectivity index (χ4v) is 2.13. The highest BCUT2D eigenvalue weighted by molar-refractivity contribution is 5.76. The number of rotatable bonds is 5. The van der Waals surface area contributed by atoms with Crippen LogP contribution in [0.3, 0.4) is 0 Å². The van der Waals surface area contributed by atoms with Gasteiger partial charge in [0.05, 0.1) is 25.7 Å². The summed E-state index contributed by atoms with van der Waals surface area (Å²) in [5.74, 6) is -0.0152. The van der Waals surface area contributed by atoms with E-state index in [2.05, 4.69) is 29.2 Å². The van der Waals surface area contributed by atoms with Crippen molar-refractivity contribution < 1.29 is 14.1 Å². The van der Waals surface area contributed by atoms with Crippen molar-refractivity contribution in [3.05, 3.63) is 18.0 Å². The van der Waals surface area contributed by atoms with Crippen LogP contribution >= 0.6 is 0 Å². The van der Waals surface area contributed by atoms with Gasteiger partial charge in [0.1, 0.15) is 12.0 Å². The molecule has 1 saturated heterocycles. The Labute approximate surface area is 113 Å². The zero-order valence-electron chi connectivity index (χ0n) is 11.5. The molecule has 106 valence electrons. The van der Waals surface area contributed by atoms with Crippen LogP contribution in [-0.2, 0) is 16.1 Å². The number of aromatic nitrogens is 1. The summed E-state index contributed by atoms with van der Waals surface area (Å²) < 4.78 is 10.3. The second-order valence-electron chi connectivity index (χ2n) is 5.05. The Morgan fingerprint density at radius 2 is 2.47 bits per heavy atom. The number of amides is 1. The summed E-state index contributed by atoms with van der Waals surface area (Å²) in [6, 6.07) is 2.22. The molecule has 1 N–H and O–H groups in total. The quantitative estimate of drug-likeness (QED) is 0.854. The second kappa shape index (κ2) is 6.68. The number of morpholine rings is 1. The van der Waals surface area contributed by atoms with E-state index in [-0.39, 0.29) is 12.0 Å². The Morgan fingerprint density at radius 3 is 3.16 bits per heavy atom. The lowest BCUT2D eigenvalue weighted by Crippen LogP contribution is -2.47. The van der Waals surface area contributed by atoms with Crippen LogP contribution in [0, 0.1) is 0 Å². The van der Waals surface area contributed by atoms with E-state index in [0.717, 1.165) is 18.8 Å². The van der Waals surface area contributed by atoms with Crippen LogP contribution in [0.1, 0.15) is 26.0 Å². The summed E-state index contributed by atoms with van der Waals surface area (Å²) in [6.45, 7) is 7.17. The molecule has 0 spiro atoms. The van der Waals surface area contributed by atoms with Gasteiger partial charge in [0, 0.05) is 25.2 Å². The van der Waals surface area contributed by atoms with Crippen molar-refractivity contribution in [3.63, 3.8) is 0 Å². The lowest BCUT2D eigenvalue weighted by molar-refractivity contribution is -0.126. The Bertz CT molecular complexity index is 392. The Kier molecular flexibility index (Phi) is 4.93. The van der Waals surface area contributed by atoms with E-state index in [1.807, 2.05) is 0 Å². The number of ether oxygens (including phenoxy) is 1. The molecule has 1 amide bonds. The molecule has 0 unspecified atom stereocenters. The minimum absolute atomic E-state index is 0.0152. The van der Waals surface area contributed by atoms with Crippen LogP contribution in [0.2, 0.25) is 0 Å². The highest BCUT2D eigenvalue weighted by Gasteiger charge is 2.24. The smallest absolute Gasteiger partial charge is 0.222 e. The molecule has 1 aliphatic rings. The first-order valence-corrected chi connectivity index (χ1v) is 6.66. The Balaban J connectivity index is 1.72. The molecule has 6 nitrogen and oxygen atoms in total. The van der Waals surface area contributed by atoms with Crippen LogP contribution in [0.15, 0.2) is 16.9 Å². The van der Waals surface area contributed by atoms with Crippen molar-refractivity contribution in [2.75, 3.05) is 19.7 Å². The Morgan fingerprint density at radius 1 is 1.63 bits per heavy atom. The summed E-state index contributed by atoms with van der Waals surface area (Å²) >= 11 is 0. The minimum Gasteiger partial charge on any atom is -0.375 e. The minimum atomic E-state index is -0.0199. The topological polar surface area (TPSA) is 67.6 Å². The highest BCUT2D eigenvalue weighted by atomic mass is 16.5. The van der Waals surface area contributed by atoms with Gasteiger partial charge in [-0.1, -0.05) is 5.16 Å². The number of carbonyl (C=O) groups is 1. The van der Waals surface area contributed by atoms with Gasteiger partial charge in [-0.25, -0.2) is 0 Å². The molecule has 0 aromatic carbocycles. The van der Waals surface area contributed by atoms with Crippen molar-refractivity contribution in [1.29, 1.82) is 0 Å². The van der Waals surface area contributed by atoms with E-state index in [9.17, 15) is 4.79 Å². The molecular formula is C13H21N3O3. The molecule has 6 heteroatoms. The molecule has 2 rings (SSSR count). The summed E-state index contributed by atoms with van der Waals surface area (Å²) in [7, 11) is 0. The molecule has 0 radical (unpaired) electrons. The van der Waals surface area contributed by atoms with Gasteiger partial charge in [-0.2, -0.15) is 0 Å². The van der Waals surface area contributed by atoms with Crippen molar-refractivity contribution in [2.24, 2.45) is 0 Å². The Hall–Kier alpha value is -1.40. The van der Waals surface area contributed by atoms with Crippen molar-refractivity contribution in [3.8, 4) is 0 Å². The molecule has 1 aromatic heterocycles. The van der Waals surface area contributed by atoms with Crippen LogP contribution in [0.4, 0.5) is 0 Å². The van der Waals surface area contributed by atoms with E-state index < -0.39 is 0 Å². The number of carbonyl (C=O) groups excluding carboxylic acids is 1. The normalized spacial score (nSPS) is 20.7. The maximum Gasteiger partial charge on any atom is 0.222 e. The van der Waals surface area contributed by atoms with Crippen LogP contribution < -0.4 is 5.32 Å². The summed E-state index contributed by atoms with van der Waals surface area (Å²) in [4.78, 5) is 14.1. The lowest BCUT2D eigenvalue weighted by atomic mass is 10.1. The summed E-state index contributed by atoms with van der Waals surface area (Å²) in [5, 5.41) is 6.56. The molecule has 0 bridgehead atoms. The highest BCUT2D eigenvalue weighted by Crippen LogP contribution is 2.11. The predicted molar refractivity (Wildman–Crippen MR) is 69.4 cm³/mol. The van der Waals surface area contributed by atoms with Gasteiger partial charge >= 0.3 is 0 Å². The SMILES string of the molecule is CC(C)N1CCO[C@H](CC(=O)NCc2ccon2)C1. The van der Waals surface area contributed by atoms with Gasteiger partial charge < -0.3 is 14.6 Å². The second-order valence-corrected chi connectivity index (χ2v) is 5.05. The van der Waals surface area contributed by atoms with Crippen LogP contribution in [0.25, 0.3) is 0 Å². The standard InChI is InChI=1S/C13H21N3O3/c1-10(2)16-4-6-18-12(9-16)7-13(17)14-8-11-3-5-19-15-11/h3,5,10,12H,4,6-9H2,1-2H3,(H,14,17)/t12-/m1/s1. The van der Waals surface area contributed by atoms with Gasteiger partial charge in [0.25, 0.3) is 0 Å². The van der Waals surface area contributed by atoms with E-state index in [0.29, 0.717) is 25.6 Å². The molecule has 1 fully saturated rings. The average Bonchev–Trinajstić information content (AvgIpc) is 2.90. The van der Waals surface area contributed by atoms with Gasteiger partial charge in [-0.3, -0.25) is 9.69 Å². The molecule has 2 heterocycles. The molecular weight excluding hydrogens is 246 g/mol. The number of hydrogen-bond donors (Lipinski definition) is 1. The molecule has 1 aromatic rings. The van der Waals surface area contributed by atoms with E-state index in [1.165, 1.54) is 6.26 Å². The van der Waals surface area contributed by atoms with Gasteiger partial charge in [-0.05, 0) is 13.8 Å². The van der Waals surface area contributed by atoms with Crippen molar-refractivity contribution >= 4 is 5.91 Å². The van der Waals surface area contributed by atoms with E-state index in [4.69, 9.17) is 9.26 Å². The number of nitrogens with one attached hydrogen (secondary N) is 1. The maximum absolute atomic E-state index is 11.8. The maximum atomic E-state index is 11.8.